The van der Waals surface area contributed by atoms with Crippen molar-refractivity contribution in [2.45, 2.75) is 12.5 Å². The molecule has 0 spiro atoms. The number of rotatable bonds is 10. The Morgan fingerprint density at radius 3 is 2.36 bits per heavy atom. The fourth-order valence-corrected chi connectivity index (χ4v) is 4.43. The molecular formula is C29H29F2N3O5. The molecule has 0 saturated carbocycles. The molecule has 0 aliphatic carbocycles. The van der Waals surface area contributed by atoms with Gasteiger partial charge in [0.05, 0.1) is 38.1 Å². The zero-order valence-electron chi connectivity index (χ0n) is 21.9. The molecule has 3 aromatic carbocycles. The molecule has 1 heterocycles. The van der Waals surface area contributed by atoms with Crippen LogP contribution in [0.2, 0.25) is 0 Å². The van der Waals surface area contributed by atoms with E-state index in [0.29, 0.717) is 22.8 Å². The van der Waals surface area contributed by atoms with Crippen LogP contribution in [0, 0.1) is 11.6 Å². The third-order valence-electron chi connectivity index (χ3n) is 6.43. The summed E-state index contributed by atoms with van der Waals surface area (Å²) in [7, 11) is 4.49. The quantitative estimate of drug-likeness (QED) is 0.382. The van der Waals surface area contributed by atoms with Crippen molar-refractivity contribution in [1.82, 2.24) is 9.91 Å². The van der Waals surface area contributed by atoms with E-state index in [1.54, 1.807) is 42.5 Å². The Labute approximate surface area is 225 Å². The lowest BCUT2D eigenvalue weighted by Crippen LogP contribution is -2.43. The first-order chi connectivity index (χ1) is 18.9. The molecule has 0 aromatic heterocycles. The van der Waals surface area contributed by atoms with E-state index in [-0.39, 0.29) is 30.7 Å². The molecule has 0 N–H and O–H groups in total. The minimum absolute atomic E-state index is 0.0419. The summed E-state index contributed by atoms with van der Waals surface area (Å²) < 4.78 is 45.2. The van der Waals surface area contributed by atoms with Crippen molar-refractivity contribution in [2.24, 2.45) is 5.10 Å². The van der Waals surface area contributed by atoms with E-state index in [2.05, 4.69) is 5.10 Å². The number of methoxy groups -OCH3 is 3. The van der Waals surface area contributed by atoms with Crippen molar-refractivity contribution in [1.29, 1.82) is 0 Å². The van der Waals surface area contributed by atoms with E-state index in [1.165, 1.54) is 55.5 Å². The molecule has 39 heavy (non-hydrogen) atoms. The molecule has 4 rings (SSSR count). The molecule has 3 aromatic rings. The van der Waals surface area contributed by atoms with Gasteiger partial charge in [-0.2, -0.15) is 5.10 Å². The summed E-state index contributed by atoms with van der Waals surface area (Å²) in [5, 5.41) is 5.74. The Morgan fingerprint density at radius 1 is 0.974 bits per heavy atom. The van der Waals surface area contributed by atoms with Crippen LogP contribution in [0.1, 0.15) is 33.9 Å². The highest BCUT2D eigenvalue weighted by atomic mass is 19.1. The van der Waals surface area contributed by atoms with E-state index in [4.69, 9.17) is 14.2 Å². The summed E-state index contributed by atoms with van der Waals surface area (Å²) in [5.41, 5.74) is 1.06. The van der Waals surface area contributed by atoms with E-state index in [1.807, 2.05) is 0 Å². The number of amides is 2. The number of hydrogen-bond acceptors (Lipinski definition) is 6. The third-order valence-corrected chi connectivity index (χ3v) is 6.43. The topological polar surface area (TPSA) is 80.7 Å². The van der Waals surface area contributed by atoms with E-state index in [0.717, 1.165) is 0 Å². The van der Waals surface area contributed by atoms with E-state index >= 15 is 0 Å². The van der Waals surface area contributed by atoms with Gasteiger partial charge >= 0.3 is 0 Å². The van der Waals surface area contributed by atoms with Gasteiger partial charge in [-0.05, 0) is 36.4 Å². The first kappa shape index (κ1) is 27.7. The molecule has 0 bridgehead atoms. The number of ether oxygens (including phenoxy) is 3. The van der Waals surface area contributed by atoms with Gasteiger partial charge in [0.1, 0.15) is 29.7 Å². The van der Waals surface area contributed by atoms with Crippen LogP contribution in [0.4, 0.5) is 8.78 Å². The third kappa shape index (κ3) is 6.06. The Hall–Kier alpha value is -4.31. The van der Waals surface area contributed by atoms with Crippen molar-refractivity contribution < 1.29 is 32.6 Å². The lowest BCUT2D eigenvalue weighted by atomic mass is 9.97. The second kappa shape index (κ2) is 12.5. The maximum Gasteiger partial charge on any atom is 0.262 e. The molecule has 10 heteroatoms. The van der Waals surface area contributed by atoms with Crippen LogP contribution in [0.5, 0.6) is 11.5 Å². The molecule has 1 aliphatic rings. The largest absolute Gasteiger partial charge is 0.497 e. The predicted octanol–water partition coefficient (Wildman–Crippen LogP) is 4.45. The highest BCUT2D eigenvalue weighted by Crippen LogP contribution is 2.39. The van der Waals surface area contributed by atoms with Crippen LogP contribution in [-0.2, 0) is 9.53 Å². The van der Waals surface area contributed by atoms with E-state index < -0.39 is 36.0 Å². The lowest BCUT2D eigenvalue weighted by Gasteiger charge is -2.28. The van der Waals surface area contributed by atoms with Gasteiger partial charge in [0.25, 0.3) is 11.8 Å². The van der Waals surface area contributed by atoms with E-state index in [9.17, 15) is 18.4 Å². The summed E-state index contributed by atoms with van der Waals surface area (Å²) in [6.45, 7) is -0.238. The fraction of sp³-hybridized carbons (Fsp3) is 0.276. The van der Waals surface area contributed by atoms with Crippen LogP contribution < -0.4 is 9.47 Å². The average molecular weight is 538 g/mol. The first-order valence-corrected chi connectivity index (χ1v) is 12.3. The van der Waals surface area contributed by atoms with Crippen LogP contribution in [0.3, 0.4) is 0 Å². The van der Waals surface area contributed by atoms with Crippen molar-refractivity contribution in [3.8, 4) is 11.5 Å². The minimum atomic E-state index is -0.697. The van der Waals surface area contributed by atoms with Crippen molar-refractivity contribution in [3.63, 3.8) is 0 Å². The van der Waals surface area contributed by atoms with Gasteiger partial charge < -0.3 is 19.1 Å². The highest BCUT2D eigenvalue weighted by Gasteiger charge is 2.37. The summed E-state index contributed by atoms with van der Waals surface area (Å²) in [4.78, 5) is 28.2. The van der Waals surface area contributed by atoms with Gasteiger partial charge in [-0.15, -0.1) is 0 Å². The second-order valence-electron chi connectivity index (χ2n) is 8.79. The van der Waals surface area contributed by atoms with Gasteiger partial charge in [0, 0.05) is 31.2 Å². The zero-order valence-corrected chi connectivity index (χ0v) is 21.9. The lowest BCUT2D eigenvalue weighted by molar-refractivity contribution is -0.133. The van der Waals surface area contributed by atoms with Gasteiger partial charge in [-0.25, -0.2) is 13.8 Å². The molecule has 8 nitrogen and oxygen atoms in total. The van der Waals surface area contributed by atoms with Gasteiger partial charge in [-0.1, -0.05) is 30.3 Å². The number of nitrogens with zero attached hydrogens (tertiary/aromatic N) is 3. The predicted molar refractivity (Wildman–Crippen MR) is 141 cm³/mol. The molecule has 2 amide bonds. The summed E-state index contributed by atoms with van der Waals surface area (Å²) in [5.74, 6) is -1.35. The first-order valence-electron chi connectivity index (χ1n) is 12.3. The van der Waals surface area contributed by atoms with Crippen molar-refractivity contribution >= 4 is 17.5 Å². The van der Waals surface area contributed by atoms with Crippen LogP contribution >= 0.6 is 0 Å². The van der Waals surface area contributed by atoms with Crippen molar-refractivity contribution in [2.75, 3.05) is 41.0 Å². The molecular weight excluding hydrogens is 508 g/mol. The average Bonchev–Trinajstić information content (AvgIpc) is 3.40. The number of benzene rings is 3. The SMILES string of the molecule is COCCN(CC(=O)N1N=C(c2ccccc2F)C[C@H]1c1cc(OC)ccc1OC)C(=O)c1ccccc1F. The normalized spacial score (nSPS) is 14.6. The Balaban J connectivity index is 1.72. The Kier molecular flexibility index (Phi) is 8.88. The molecule has 0 fully saturated rings. The van der Waals surface area contributed by atoms with Gasteiger partial charge in [0.15, 0.2) is 0 Å². The van der Waals surface area contributed by atoms with Crippen LogP contribution in [0.15, 0.2) is 71.8 Å². The molecule has 204 valence electrons. The maximum absolute atomic E-state index is 14.7. The number of carbonyl (C=O) groups is 2. The molecule has 0 radical (unpaired) electrons. The molecule has 0 unspecified atom stereocenters. The monoisotopic (exact) mass is 537 g/mol. The zero-order chi connectivity index (χ0) is 27.9. The fourth-order valence-electron chi connectivity index (χ4n) is 4.43. The molecule has 0 saturated heterocycles. The smallest absolute Gasteiger partial charge is 0.262 e. The maximum atomic E-state index is 14.7. The highest BCUT2D eigenvalue weighted by molar-refractivity contribution is 6.04. The minimum Gasteiger partial charge on any atom is -0.497 e. The Bertz CT molecular complexity index is 1380. The summed E-state index contributed by atoms with van der Waals surface area (Å²) in [6, 6.07) is 16.2. The summed E-state index contributed by atoms with van der Waals surface area (Å²) >= 11 is 0. The van der Waals surface area contributed by atoms with Gasteiger partial charge in [0.2, 0.25) is 0 Å². The molecule has 1 atom stereocenters. The number of halogens is 2. The number of carbonyl (C=O) groups excluding carboxylic acids is 2. The standard InChI is InChI=1S/C29H29F2N3O5/c1-37-15-14-33(29(36)21-9-5-7-11-24(21)31)18-28(35)34-26(22-16-19(38-2)12-13-27(22)39-3)17-25(32-34)20-8-4-6-10-23(20)30/h4-13,16,26H,14-15,17-18H2,1-3H3/t26-/m0/s1. The summed E-state index contributed by atoms with van der Waals surface area (Å²) in [6.07, 6.45) is 0.190. The number of hydrazone groups is 1. The van der Waals surface area contributed by atoms with Crippen LogP contribution in [-0.4, -0.2) is 68.5 Å². The number of hydrogen-bond donors (Lipinski definition) is 0. The molecule has 1 aliphatic heterocycles. The van der Waals surface area contributed by atoms with Crippen LogP contribution in [0.25, 0.3) is 0 Å². The van der Waals surface area contributed by atoms with Crippen molar-refractivity contribution in [3.05, 3.63) is 95.1 Å². The second-order valence-corrected chi connectivity index (χ2v) is 8.79. The Morgan fingerprint density at radius 2 is 1.69 bits per heavy atom. The van der Waals surface area contributed by atoms with Gasteiger partial charge in [-0.3, -0.25) is 9.59 Å².